The molecular weight excluding hydrogens is 370 g/mol. The van der Waals surface area contributed by atoms with Gasteiger partial charge >= 0.3 is 0 Å². The number of nitrogens with zero attached hydrogens (tertiary/aromatic N) is 1. The van der Waals surface area contributed by atoms with Crippen molar-refractivity contribution in [3.8, 4) is 0 Å². The van der Waals surface area contributed by atoms with E-state index in [1.54, 1.807) is 0 Å². The summed E-state index contributed by atoms with van der Waals surface area (Å²) in [4.78, 5) is 17.0. The second-order valence-corrected chi connectivity index (χ2v) is 10.7. The van der Waals surface area contributed by atoms with Crippen LogP contribution in [-0.2, 0) is 9.84 Å². The molecule has 0 unspecified atom stereocenters. The van der Waals surface area contributed by atoms with Crippen LogP contribution in [0.1, 0.15) is 41.6 Å². The van der Waals surface area contributed by atoms with Crippen molar-refractivity contribution < 1.29 is 13.2 Å². The van der Waals surface area contributed by atoms with Gasteiger partial charge in [-0.05, 0) is 37.5 Å². The minimum absolute atomic E-state index is 0.0108. The van der Waals surface area contributed by atoms with Gasteiger partial charge in [-0.25, -0.2) is 8.42 Å². The maximum atomic E-state index is 12.5. The topological polar surface area (TPSA) is 87.6 Å². The smallest absolute Gasteiger partial charge is 0.251 e. The fourth-order valence-electron chi connectivity index (χ4n) is 3.77. The van der Waals surface area contributed by atoms with Crippen LogP contribution in [0, 0.1) is 6.92 Å². The SMILES string of the molecule is Cc1ccc(C(=O)NC2CCCC2)cc1NC1=N[C@H]2CS(=O)(=O)C[C@@H]2S1. The van der Waals surface area contributed by atoms with Crippen molar-refractivity contribution in [3.63, 3.8) is 0 Å². The number of amidine groups is 1. The number of sulfone groups is 1. The van der Waals surface area contributed by atoms with E-state index in [-0.39, 0.29) is 34.7 Å². The Kier molecular flexibility index (Phi) is 4.73. The van der Waals surface area contributed by atoms with Crippen LogP contribution >= 0.6 is 11.8 Å². The molecule has 1 aromatic rings. The van der Waals surface area contributed by atoms with Crippen LogP contribution in [0.2, 0.25) is 0 Å². The Balaban J connectivity index is 1.46. The lowest BCUT2D eigenvalue weighted by Gasteiger charge is -2.14. The molecule has 4 rings (SSSR count). The van der Waals surface area contributed by atoms with Crippen LogP contribution < -0.4 is 10.6 Å². The number of aryl methyl sites for hydroxylation is 1. The largest absolute Gasteiger partial charge is 0.349 e. The van der Waals surface area contributed by atoms with Gasteiger partial charge in [0, 0.05) is 22.5 Å². The Bertz CT molecular complexity index is 860. The summed E-state index contributed by atoms with van der Waals surface area (Å²) in [6, 6.07) is 5.76. The van der Waals surface area contributed by atoms with Crippen LogP contribution in [0.3, 0.4) is 0 Å². The third kappa shape index (κ3) is 3.76. The van der Waals surface area contributed by atoms with Gasteiger partial charge in [-0.3, -0.25) is 9.79 Å². The minimum atomic E-state index is -2.95. The van der Waals surface area contributed by atoms with Gasteiger partial charge in [0.05, 0.1) is 17.5 Å². The van der Waals surface area contributed by atoms with Crippen molar-refractivity contribution in [1.29, 1.82) is 0 Å². The third-order valence-corrected chi connectivity index (χ3v) is 8.39. The van der Waals surface area contributed by atoms with Crippen molar-refractivity contribution in [1.82, 2.24) is 5.32 Å². The normalized spacial score (nSPS) is 27.2. The zero-order chi connectivity index (χ0) is 18.3. The van der Waals surface area contributed by atoms with E-state index >= 15 is 0 Å². The lowest BCUT2D eigenvalue weighted by molar-refractivity contribution is 0.0938. The third-order valence-electron chi connectivity index (χ3n) is 5.25. The highest BCUT2D eigenvalue weighted by Crippen LogP contribution is 2.35. The maximum absolute atomic E-state index is 12.5. The summed E-state index contributed by atoms with van der Waals surface area (Å²) in [6.45, 7) is 1.98. The molecule has 1 saturated heterocycles. The van der Waals surface area contributed by atoms with E-state index in [0.717, 1.165) is 29.3 Å². The van der Waals surface area contributed by atoms with E-state index in [1.165, 1.54) is 24.6 Å². The highest BCUT2D eigenvalue weighted by Gasteiger charge is 2.42. The Hall–Kier alpha value is -1.54. The average molecular weight is 394 g/mol. The number of amides is 1. The highest BCUT2D eigenvalue weighted by molar-refractivity contribution is 8.15. The number of fused-ring (bicyclic) bond motifs is 1. The number of nitrogens with one attached hydrogen (secondary N) is 2. The van der Waals surface area contributed by atoms with Gasteiger partial charge in [-0.2, -0.15) is 0 Å². The number of carbonyl (C=O) groups excluding carboxylic acids is 1. The maximum Gasteiger partial charge on any atom is 0.251 e. The van der Waals surface area contributed by atoms with E-state index in [9.17, 15) is 13.2 Å². The van der Waals surface area contributed by atoms with E-state index in [4.69, 9.17) is 0 Å². The van der Waals surface area contributed by atoms with Crippen molar-refractivity contribution in [2.75, 3.05) is 16.8 Å². The molecule has 8 heteroatoms. The molecule has 1 amide bonds. The number of carbonyl (C=O) groups is 1. The lowest BCUT2D eigenvalue weighted by atomic mass is 10.1. The molecular formula is C18H23N3O3S2. The Morgan fingerprint density at radius 1 is 1.23 bits per heavy atom. The number of hydrogen-bond acceptors (Lipinski definition) is 6. The Morgan fingerprint density at radius 3 is 2.73 bits per heavy atom. The summed E-state index contributed by atoms with van der Waals surface area (Å²) in [6.07, 6.45) is 4.48. The number of anilines is 1. The Labute approximate surface area is 158 Å². The molecule has 2 aliphatic heterocycles. The molecule has 1 aromatic carbocycles. The summed E-state index contributed by atoms with van der Waals surface area (Å²) >= 11 is 1.49. The minimum Gasteiger partial charge on any atom is -0.349 e. The zero-order valence-corrected chi connectivity index (χ0v) is 16.3. The number of thioether (sulfide) groups is 1. The number of rotatable bonds is 3. The first kappa shape index (κ1) is 17.9. The molecule has 2 N–H and O–H groups in total. The number of aliphatic imine (C=N–C) groups is 1. The van der Waals surface area contributed by atoms with E-state index in [0.29, 0.717) is 5.56 Å². The molecule has 0 radical (unpaired) electrons. The Morgan fingerprint density at radius 2 is 2.00 bits per heavy atom. The zero-order valence-electron chi connectivity index (χ0n) is 14.7. The fourth-order valence-corrected chi connectivity index (χ4v) is 7.44. The van der Waals surface area contributed by atoms with Gasteiger partial charge in [-0.1, -0.05) is 30.7 Å². The quantitative estimate of drug-likeness (QED) is 0.823. The fraction of sp³-hybridized carbons (Fsp3) is 0.556. The second kappa shape index (κ2) is 6.88. The molecule has 2 fully saturated rings. The van der Waals surface area contributed by atoms with Gasteiger partial charge < -0.3 is 10.6 Å². The van der Waals surface area contributed by atoms with Gasteiger partial charge in [-0.15, -0.1) is 0 Å². The molecule has 0 bridgehead atoms. The van der Waals surface area contributed by atoms with Crippen LogP contribution in [0.25, 0.3) is 0 Å². The van der Waals surface area contributed by atoms with E-state index in [1.807, 2.05) is 25.1 Å². The van der Waals surface area contributed by atoms with Crippen molar-refractivity contribution in [2.24, 2.45) is 4.99 Å². The molecule has 3 aliphatic rings. The standard InChI is InChI=1S/C18H23N3O3S2/c1-11-6-7-12(17(22)19-13-4-2-3-5-13)8-14(11)20-18-21-15-9-26(23,24)10-16(15)25-18/h6-8,13,15-16H,2-5,9-10H2,1H3,(H,19,22)(H,20,21)/t15-,16-/m0/s1. The molecule has 1 aliphatic carbocycles. The van der Waals surface area contributed by atoms with E-state index < -0.39 is 9.84 Å². The van der Waals surface area contributed by atoms with Gasteiger partial charge in [0.1, 0.15) is 0 Å². The van der Waals surface area contributed by atoms with Crippen molar-refractivity contribution in [2.45, 2.75) is 49.9 Å². The van der Waals surface area contributed by atoms with Crippen molar-refractivity contribution in [3.05, 3.63) is 29.3 Å². The first-order valence-electron chi connectivity index (χ1n) is 9.03. The average Bonchev–Trinajstić information content (AvgIpc) is 3.24. The number of benzene rings is 1. The van der Waals surface area contributed by atoms with Crippen LogP contribution in [0.15, 0.2) is 23.2 Å². The molecule has 0 aromatic heterocycles. The summed E-state index contributed by atoms with van der Waals surface area (Å²) in [5, 5.41) is 7.15. The number of hydrogen-bond donors (Lipinski definition) is 2. The molecule has 0 spiro atoms. The van der Waals surface area contributed by atoms with Crippen LogP contribution in [-0.4, -0.2) is 48.3 Å². The molecule has 1 saturated carbocycles. The first-order chi connectivity index (χ1) is 12.4. The monoisotopic (exact) mass is 393 g/mol. The summed E-state index contributed by atoms with van der Waals surface area (Å²) in [7, 11) is -2.95. The first-order valence-corrected chi connectivity index (χ1v) is 11.7. The second-order valence-electron chi connectivity index (χ2n) is 7.34. The highest BCUT2D eigenvalue weighted by atomic mass is 32.2. The summed E-state index contributed by atoms with van der Waals surface area (Å²) in [5.74, 6) is 0.294. The predicted octanol–water partition coefficient (Wildman–Crippen LogP) is 2.35. The van der Waals surface area contributed by atoms with E-state index in [2.05, 4.69) is 15.6 Å². The molecule has 2 heterocycles. The van der Waals surface area contributed by atoms with Gasteiger partial charge in [0.2, 0.25) is 0 Å². The summed E-state index contributed by atoms with van der Waals surface area (Å²) < 4.78 is 23.4. The molecule has 140 valence electrons. The van der Waals surface area contributed by atoms with Crippen molar-refractivity contribution >= 4 is 38.4 Å². The van der Waals surface area contributed by atoms with Gasteiger partial charge in [0.15, 0.2) is 15.0 Å². The molecule has 26 heavy (non-hydrogen) atoms. The van der Waals surface area contributed by atoms with Crippen LogP contribution in [0.5, 0.6) is 0 Å². The molecule has 6 nitrogen and oxygen atoms in total. The predicted molar refractivity (Wildman–Crippen MR) is 106 cm³/mol. The van der Waals surface area contributed by atoms with Gasteiger partial charge in [0.25, 0.3) is 5.91 Å². The molecule has 2 atom stereocenters. The van der Waals surface area contributed by atoms with Crippen LogP contribution in [0.4, 0.5) is 5.69 Å². The summed E-state index contributed by atoms with van der Waals surface area (Å²) in [5.41, 5.74) is 2.50. The lowest BCUT2D eigenvalue weighted by Crippen LogP contribution is -2.32.